The van der Waals surface area contributed by atoms with Crippen LogP contribution in [0.15, 0.2) is 42.5 Å². The van der Waals surface area contributed by atoms with Crippen LogP contribution in [-0.4, -0.2) is 35.2 Å². The SMILES string of the molecule is CC(=O)N1c2ccc(-c3ccc(C(=O)O)cc3)cc2[C@H](NC(=O)OC(C)C)C[C@@H]1C.[H-].[Li+]. The van der Waals surface area contributed by atoms with Crippen molar-refractivity contribution in [2.45, 2.75) is 52.3 Å². The topological polar surface area (TPSA) is 95.9 Å². The van der Waals surface area contributed by atoms with E-state index in [4.69, 9.17) is 9.84 Å². The number of anilines is 1. The van der Waals surface area contributed by atoms with Gasteiger partial charge in [0, 0.05) is 18.7 Å². The van der Waals surface area contributed by atoms with Crippen LogP contribution >= 0.6 is 0 Å². The molecule has 7 nitrogen and oxygen atoms in total. The average molecular weight is 418 g/mol. The van der Waals surface area contributed by atoms with Gasteiger partial charge in [-0.1, -0.05) is 18.2 Å². The molecule has 0 bridgehead atoms. The molecule has 0 aromatic heterocycles. The minimum atomic E-state index is -0.981. The molecule has 0 saturated carbocycles. The molecule has 8 heteroatoms. The number of carboxylic acids is 1. The van der Waals surface area contributed by atoms with Crippen molar-refractivity contribution in [3.05, 3.63) is 53.6 Å². The molecule has 2 N–H and O–H groups in total. The number of hydrogen-bond donors (Lipinski definition) is 2. The van der Waals surface area contributed by atoms with Crippen molar-refractivity contribution in [1.82, 2.24) is 5.32 Å². The van der Waals surface area contributed by atoms with Gasteiger partial charge in [-0.25, -0.2) is 9.59 Å². The fourth-order valence-electron chi connectivity index (χ4n) is 3.86. The molecular weight excluding hydrogens is 391 g/mol. The van der Waals surface area contributed by atoms with E-state index in [-0.39, 0.29) is 49.9 Å². The first-order chi connectivity index (χ1) is 14.2. The summed E-state index contributed by atoms with van der Waals surface area (Å²) in [5.74, 6) is -1.04. The number of benzene rings is 2. The van der Waals surface area contributed by atoms with Gasteiger partial charge >= 0.3 is 30.9 Å². The first-order valence-corrected chi connectivity index (χ1v) is 9.92. The van der Waals surface area contributed by atoms with Crippen molar-refractivity contribution in [3.8, 4) is 11.1 Å². The molecule has 2 atom stereocenters. The fourth-order valence-corrected chi connectivity index (χ4v) is 3.86. The van der Waals surface area contributed by atoms with Crippen LogP contribution in [-0.2, 0) is 9.53 Å². The average Bonchev–Trinajstić information content (AvgIpc) is 2.66. The van der Waals surface area contributed by atoms with Gasteiger partial charge < -0.3 is 21.5 Å². The van der Waals surface area contributed by atoms with Gasteiger partial charge in [0.1, 0.15) is 0 Å². The summed E-state index contributed by atoms with van der Waals surface area (Å²) in [7, 11) is 0. The smallest absolute Gasteiger partial charge is 1.00 e. The second kappa shape index (κ2) is 10.0. The molecule has 0 fully saturated rings. The van der Waals surface area contributed by atoms with Crippen LogP contribution in [0.1, 0.15) is 57.5 Å². The molecule has 0 saturated heterocycles. The van der Waals surface area contributed by atoms with Crippen LogP contribution in [0.4, 0.5) is 10.5 Å². The van der Waals surface area contributed by atoms with Gasteiger partial charge in [-0.05, 0) is 68.1 Å². The standard InChI is InChI=1S/C23H26N2O5.Li.H/c1-13(2)30-23(29)24-20-11-14(3)25(15(4)26)21-10-9-18(12-19(20)21)16-5-7-17(8-6-16)22(27)28;;/h5-10,12-14,20H,11H2,1-4H3,(H,24,29)(H,27,28);;/q;+1;-1/t14-,20+;;/m0../s1. The summed E-state index contributed by atoms with van der Waals surface area (Å²) >= 11 is 0. The van der Waals surface area contributed by atoms with E-state index < -0.39 is 12.1 Å². The second-order valence-electron chi connectivity index (χ2n) is 7.78. The third kappa shape index (κ3) is 5.49. The van der Waals surface area contributed by atoms with Gasteiger partial charge in [0.25, 0.3) is 0 Å². The van der Waals surface area contributed by atoms with E-state index in [0.29, 0.717) is 6.42 Å². The molecule has 0 unspecified atom stereocenters. The maximum Gasteiger partial charge on any atom is 1.00 e. The Morgan fingerprint density at radius 1 is 1.13 bits per heavy atom. The number of amides is 2. The van der Waals surface area contributed by atoms with Crippen LogP contribution in [0.25, 0.3) is 11.1 Å². The van der Waals surface area contributed by atoms with E-state index in [1.54, 1.807) is 43.0 Å². The summed E-state index contributed by atoms with van der Waals surface area (Å²) in [5, 5.41) is 12.0. The van der Waals surface area contributed by atoms with Crippen molar-refractivity contribution in [2.24, 2.45) is 0 Å². The number of nitrogens with one attached hydrogen (secondary N) is 1. The van der Waals surface area contributed by atoms with E-state index in [1.165, 1.54) is 6.92 Å². The number of nitrogens with zero attached hydrogens (tertiary/aromatic N) is 1. The molecular formula is C23H27LiN2O5. The monoisotopic (exact) mass is 418 g/mol. The molecule has 2 amide bonds. The Bertz CT molecular complexity index is 981. The molecule has 2 aromatic carbocycles. The Kier molecular flexibility index (Phi) is 7.94. The minimum Gasteiger partial charge on any atom is -1.00 e. The summed E-state index contributed by atoms with van der Waals surface area (Å²) in [5.41, 5.74) is 3.50. The van der Waals surface area contributed by atoms with Gasteiger partial charge in [0.2, 0.25) is 5.91 Å². The number of fused-ring (bicyclic) bond motifs is 1. The molecule has 1 aliphatic rings. The molecule has 3 rings (SSSR count). The Morgan fingerprint density at radius 3 is 2.29 bits per heavy atom. The first kappa shape index (κ1) is 24.5. The Hall–Kier alpha value is -2.75. The number of carbonyl (C=O) groups is 3. The van der Waals surface area contributed by atoms with E-state index in [2.05, 4.69) is 5.32 Å². The van der Waals surface area contributed by atoms with Crippen molar-refractivity contribution in [2.75, 3.05) is 4.90 Å². The van der Waals surface area contributed by atoms with Crippen molar-refractivity contribution in [3.63, 3.8) is 0 Å². The summed E-state index contributed by atoms with van der Waals surface area (Å²) in [6.45, 7) is 7.05. The number of carboxylic acid groups (broad SMARTS) is 1. The third-order valence-corrected chi connectivity index (χ3v) is 5.12. The summed E-state index contributed by atoms with van der Waals surface area (Å²) in [4.78, 5) is 37.3. The van der Waals surface area contributed by atoms with Crippen LogP contribution < -0.4 is 29.1 Å². The minimum absolute atomic E-state index is 0. The van der Waals surface area contributed by atoms with Gasteiger partial charge in [-0.2, -0.15) is 0 Å². The summed E-state index contributed by atoms with van der Waals surface area (Å²) in [6, 6.07) is 11.9. The third-order valence-electron chi connectivity index (χ3n) is 5.12. The largest absolute Gasteiger partial charge is 1.00 e. The summed E-state index contributed by atoms with van der Waals surface area (Å²) in [6.07, 6.45) is -0.180. The zero-order valence-electron chi connectivity index (χ0n) is 19.5. The predicted molar refractivity (Wildman–Crippen MR) is 115 cm³/mol. The summed E-state index contributed by atoms with van der Waals surface area (Å²) < 4.78 is 5.24. The maximum atomic E-state index is 12.3. The number of aromatic carboxylic acids is 1. The molecule has 1 heterocycles. The zero-order chi connectivity index (χ0) is 22.0. The first-order valence-electron chi connectivity index (χ1n) is 9.92. The Labute approximate surface area is 195 Å². The predicted octanol–water partition coefficient (Wildman–Crippen LogP) is 1.49. The molecule has 0 spiro atoms. The number of alkyl carbamates (subject to hydrolysis) is 1. The molecule has 160 valence electrons. The van der Waals surface area contributed by atoms with E-state index in [0.717, 1.165) is 22.4 Å². The number of ether oxygens (including phenoxy) is 1. The van der Waals surface area contributed by atoms with Gasteiger partial charge in [-0.3, -0.25) is 4.79 Å². The zero-order valence-corrected chi connectivity index (χ0v) is 18.5. The molecule has 1 aliphatic heterocycles. The van der Waals surface area contributed by atoms with Gasteiger partial charge in [-0.15, -0.1) is 0 Å². The van der Waals surface area contributed by atoms with E-state index in [9.17, 15) is 14.4 Å². The van der Waals surface area contributed by atoms with Crippen LogP contribution in [0, 0.1) is 0 Å². The van der Waals surface area contributed by atoms with Gasteiger partial charge in [0.05, 0.1) is 17.7 Å². The van der Waals surface area contributed by atoms with Crippen molar-refractivity contribution >= 4 is 23.7 Å². The molecule has 0 aliphatic carbocycles. The fraction of sp³-hybridized carbons (Fsp3) is 0.348. The number of carbonyl (C=O) groups excluding carboxylic acids is 2. The van der Waals surface area contributed by atoms with Crippen LogP contribution in [0.2, 0.25) is 0 Å². The van der Waals surface area contributed by atoms with Crippen molar-refractivity contribution in [1.29, 1.82) is 0 Å². The molecule has 2 aromatic rings. The number of rotatable bonds is 4. The molecule has 31 heavy (non-hydrogen) atoms. The van der Waals surface area contributed by atoms with Crippen molar-refractivity contribution < 1.29 is 44.5 Å². The Morgan fingerprint density at radius 2 is 1.74 bits per heavy atom. The van der Waals surface area contributed by atoms with Crippen LogP contribution in [0.3, 0.4) is 0 Å². The maximum absolute atomic E-state index is 12.3. The number of hydrogen-bond acceptors (Lipinski definition) is 4. The molecule has 0 radical (unpaired) electrons. The Balaban J connectivity index is 0.00000256. The normalized spacial score (nSPS) is 17.4. The second-order valence-corrected chi connectivity index (χ2v) is 7.78. The van der Waals surface area contributed by atoms with Crippen LogP contribution in [0.5, 0.6) is 0 Å². The van der Waals surface area contributed by atoms with E-state index in [1.807, 2.05) is 25.1 Å². The van der Waals surface area contributed by atoms with Gasteiger partial charge in [0.15, 0.2) is 0 Å². The van der Waals surface area contributed by atoms with E-state index >= 15 is 0 Å². The quantitative estimate of drug-likeness (QED) is 0.734.